The second-order valence-electron chi connectivity index (χ2n) is 4.99. The summed E-state index contributed by atoms with van der Waals surface area (Å²) in [6.07, 6.45) is 0.527. The van der Waals surface area contributed by atoms with E-state index in [9.17, 15) is 9.59 Å². The van der Waals surface area contributed by atoms with E-state index in [-0.39, 0.29) is 11.9 Å². The van der Waals surface area contributed by atoms with Crippen molar-refractivity contribution in [2.24, 2.45) is 0 Å². The Morgan fingerprint density at radius 3 is 2.86 bits per heavy atom. The lowest BCUT2D eigenvalue weighted by atomic mass is 10.0. The molecule has 0 aliphatic carbocycles. The molecule has 1 aliphatic heterocycles. The zero-order chi connectivity index (χ0) is 15.4. The minimum Gasteiger partial charge on any atom is -0.497 e. The number of likely N-dealkylation sites (tertiary alicyclic amines) is 1. The number of amides is 2. The van der Waals surface area contributed by atoms with Gasteiger partial charge in [-0.25, -0.2) is 4.79 Å². The second-order valence-corrected chi connectivity index (χ2v) is 4.99. The van der Waals surface area contributed by atoms with Gasteiger partial charge in [-0.2, -0.15) is 0 Å². The van der Waals surface area contributed by atoms with Crippen LogP contribution < -0.4 is 15.8 Å². The van der Waals surface area contributed by atoms with Crippen molar-refractivity contribution in [3.8, 4) is 5.75 Å². The van der Waals surface area contributed by atoms with Crippen LogP contribution in [0.5, 0.6) is 5.75 Å². The first kappa shape index (κ1) is 15.0. The monoisotopic (exact) mass is 293 g/mol. The first-order valence-corrected chi connectivity index (χ1v) is 6.73. The van der Waals surface area contributed by atoms with Crippen LogP contribution in [0.2, 0.25) is 0 Å². The third-order valence-electron chi connectivity index (χ3n) is 3.53. The summed E-state index contributed by atoms with van der Waals surface area (Å²) in [5.74, 6) is 0.283. The Hall–Kier alpha value is -2.44. The maximum Gasteiger partial charge on any atom is 0.407 e. The molecule has 4 N–H and O–H groups in total. The lowest BCUT2D eigenvalue weighted by molar-refractivity contribution is 0.0889. The largest absolute Gasteiger partial charge is 0.497 e. The minimum atomic E-state index is -0.960. The molecule has 21 heavy (non-hydrogen) atoms. The maximum absolute atomic E-state index is 12.2. The van der Waals surface area contributed by atoms with E-state index < -0.39 is 6.09 Å². The average Bonchev–Trinajstić information content (AvgIpc) is 2.47. The molecule has 0 aromatic heterocycles. The second kappa shape index (κ2) is 6.34. The smallest absolute Gasteiger partial charge is 0.407 e. The van der Waals surface area contributed by atoms with Crippen molar-refractivity contribution in [1.82, 2.24) is 10.2 Å². The molecule has 2 amide bonds. The lowest BCUT2D eigenvalue weighted by Crippen LogP contribution is -2.49. The Morgan fingerprint density at radius 2 is 2.24 bits per heavy atom. The summed E-state index contributed by atoms with van der Waals surface area (Å²) in [6, 6.07) is 4.65. The van der Waals surface area contributed by atoms with Crippen molar-refractivity contribution in [1.29, 1.82) is 0 Å². The van der Waals surface area contributed by atoms with Gasteiger partial charge in [-0.15, -0.1) is 0 Å². The number of carbonyl (C=O) groups excluding carboxylic acids is 1. The summed E-state index contributed by atoms with van der Waals surface area (Å²) in [7, 11) is 1.52. The highest BCUT2D eigenvalue weighted by Crippen LogP contribution is 2.20. The zero-order valence-corrected chi connectivity index (χ0v) is 11.8. The Balaban J connectivity index is 2.02. The molecule has 0 saturated carbocycles. The molecular weight excluding hydrogens is 274 g/mol. The zero-order valence-electron chi connectivity index (χ0n) is 11.8. The molecule has 1 heterocycles. The molecule has 114 valence electrons. The van der Waals surface area contributed by atoms with Crippen LogP contribution in [-0.4, -0.2) is 48.2 Å². The SMILES string of the molecule is COc1ccc(C(=O)NC2CCCN(C(=O)O)C2)c(N)c1. The number of methoxy groups -OCH3 is 1. The van der Waals surface area contributed by atoms with Gasteiger partial charge < -0.3 is 25.8 Å². The normalized spacial score (nSPS) is 18.1. The van der Waals surface area contributed by atoms with Gasteiger partial charge in [0.05, 0.1) is 12.7 Å². The fraction of sp³-hybridized carbons (Fsp3) is 0.429. The predicted molar refractivity (Wildman–Crippen MR) is 77.5 cm³/mol. The van der Waals surface area contributed by atoms with Gasteiger partial charge in [-0.3, -0.25) is 4.79 Å². The van der Waals surface area contributed by atoms with E-state index in [1.54, 1.807) is 18.2 Å². The van der Waals surface area contributed by atoms with Gasteiger partial charge in [0, 0.05) is 30.9 Å². The first-order valence-electron chi connectivity index (χ1n) is 6.73. The quantitative estimate of drug-likeness (QED) is 0.725. The number of hydrogen-bond donors (Lipinski definition) is 3. The molecule has 7 nitrogen and oxygen atoms in total. The molecule has 0 spiro atoms. The summed E-state index contributed by atoms with van der Waals surface area (Å²) in [6.45, 7) is 0.809. The van der Waals surface area contributed by atoms with E-state index in [0.29, 0.717) is 30.1 Å². The Bertz CT molecular complexity index is 547. The summed E-state index contributed by atoms with van der Waals surface area (Å²) in [4.78, 5) is 24.5. The van der Waals surface area contributed by atoms with E-state index in [1.807, 2.05) is 0 Å². The van der Waals surface area contributed by atoms with Gasteiger partial charge in [0.2, 0.25) is 0 Å². The lowest BCUT2D eigenvalue weighted by Gasteiger charge is -2.31. The summed E-state index contributed by atoms with van der Waals surface area (Å²) in [5, 5.41) is 11.8. The van der Waals surface area contributed by atoms with Crippen molar-refractivity contribution in [2.75, 3.05) is 25.9 Å². The molecule has 1 aromatic carbocycles. The van der Waals surface area contributed by atoms with Crippen molar-refractivity contribution < 1.29 is 19.4 Å². The maximum atomic E-state index is 12.2. The minimum absolute atomic E-state index is 0.191. The van der Waals surface area contributed by atoms with Crippen molar-refractivity contribution in [3.05, 3.63) is 23.8 Å². The number of anilines is 1. The number of nitrogens with two attached hydrogens (primary N) is 1. The molecule has 2 rings (SSSR count). The number of nitrogens with zero attached hydrogens (tertiary/aromatic N) is 1. The molecule has 1 fully saturated rings. The highest BCUT2D eigenvalue weighted by atomic mass is 16.5. The van der Waals surface area contributed by atoms with Crippen LogP contribution in [0.3, 0.4) is 0 Å². The Labute approximate surface area is 122 Å². The third kappa shape index (κ3) is 3.56. The van der Waals surface area contributed by atoms with Crippen LogP contribution in [0.4, 0.5) is 10.5 Å². The first-order chi connectivity index (χ1) is 10.0. The van der Waals surface area contributed by atoms with Crippen LogP contribution >= 0.6 is 0 Å². The number of rotatable bonds is 3. The van der Waals surface area contributed by atoms with Crippen LogP contribution in [0.15, 0.2) is 18.2 Å². The van der Waals surface area contributed by atoms with Crippen LogP contribution in [0, 0.1) is 0 Å². The number of hydrogen-bond acceptors (Lipinski definition) is 4. The van der Waals surface area contributed by atoms with Gasteiger partial charge >= 0.3 is 6.09 Å². The van der Waals surface area contributed by atoms with Gasteiger partial charge in [0.15, 0.2) is 0 Å². The average molecular weight is 293 g/mol. The van der Waals surface area contributed by atoms with Crippen LogP contribution in [0.25, 0.3) is 0 Å². The number of nitrogens with one attached hydrogen (secondary N) is 1. The molecule has 1 atom stereocenters. The highest BCUT2D eigenvalue weighted by Gasteiger charge is 2.25. The number of benzene rings is 1. The van der Waals surface area contributed by atoms with Crippen molar-refractivity contribution >= 4 is 17.7 Å². The van der Waals surface area contributed by atoms with Gasteiger partial charge in [-0.05, 0) is 25.0 Å². The van der Waals surface area contributed by atoms with Gasteiger partial charge in [-0.1, -0.05) is 0 Å². The Kier molecular flexibility index (Phi) is 4.52. The molecule has 7 heteroatoms. The van der Waals surface area contributed by atoms with Crippen LogP contribution in [0.1, 0.15) is 23.2 Å². The molecule has 0 bridgehead atoms. The fourth-order valence-electron chi connectivity index (χ4n) is 2.41. The Morgan fingerprint density at radius 1 is 1.48 bits per heavy atom. The molecule has 1 aromatic rings. The summed E-state index contributed by atoms with van der Waals surface area (Å²) < 4.78 is 5.04. The number of nitrogen functional groups attached to an aromatic ring is 1. The van der Waals surface area contributed by atoms with Crippen molar-refractivity contribution in [2.45, 2.75) is 18.9 Å². The molecular formula is C14H19N3O4. The number of carbonyl (C=O) groups is 2. The van der Waals surface area contributed by atoms with E-state index >= 15 is 0 Å². The standard InChI is InChI=1S/C14H19N3O4/c1-21-10-4-5-11(12(15)7-10)13(18)16-9-3-2-6-17(8-9)14(19)20/h4-5,7,9H,2-3,6,8,15H2,1H3,(H,16,18)(H,19,20). The van der Waals surface area contributed by atoms with Crippen LogP contribution in [-0.2, 0) is 0 Å². The predicted octanol–water partition coefficient (Wildman–Crippen LogP) is 1.15. The number of piperidine rings is 1. The topological polar surface area (TPSA) is 105 Å². The molecule has 1 aliphatic rings. The fourth-order valence-corrected chi connectivity index (χ4v) is 2.41. The van der Waals surface area contributed by atoms with E-state index in [1.165, 1.54) is 12.0 Å². The van der Waals surface area contributed by atoms with Crippen molar-refractivity contribution in [3.63, 3.8) is 0 Å². The summed E-state index contributed by atoms with van der Waals surface area (Å²) in [5.41, 5.74) is 6.53. The number of ether oxygens (including phenoxy) is 1. The highest BCUT2D eigenvalue weighted by molar-refractivity contribution is 5.99. The van der Waals surface area contributed by atoms with E-state index in [2.05, 4.69) is 5.32 Å². The molecule has 1 unspecified atom stereocenters. The van der Waals surface area contributed by atoms with E-state index in [4.69, 9.17) is 15.6 Å². The van der Waals surface area contributed by atoms with E-state index in [0.717, 1.165) is 12.8 Å². The van der Waals surface area contributed by atoms with Gasteiger partial charge in [0.1, 0.15) is 5.75 Å². The van der Waals surface area contributed by atoms with Gasteiger partial charge in [0.25, 0.3) is 5.91 Å². The molecule has 1 saturated heterocycles. The number of carboxylic acid groups (broad SMARTS) is 1. The molecule has 0 radical (unpaired) electrons. The third-order valence-corrected chi connectivity index (χ3v) is 3.53. The summed E-state index contributed by atoms with van der Waals surface area (Å²) >= 11 is 0.